The topological polar surface area (TPSA) is 66.8 Å². The maximum Gasteiger partial charge on any atom is 0.343 e. The first-order valence-electron chi connectivity index (χ1n) is 10.1. The maximum absolute atomic E-state index is 12.9. The Hall–Kier alpha value is -4.03. The molecule has 0 N–H and O–H groups in total. The van der Waals surface area contributed by atoms with Gasteiger partial charge in [-0.3, -0.25) is 4.79 Å². The van der Waals surface area contributed by atoms with E-state index in [9.17, 15) is 9.59 Å². The van der Waals surface area contributed by atoms with Crippen LogP contribution in [0.25, 0.3) is 17.0 Å². The summed E-state index contributed by atoms with van der Waals surface area (Å²) in [6.45, 7) is 0. The molecule has 5 rings (SSSR count). The summed E-state index contributed by atoms with van der Waals surface area (Å²) in [5.41, 5.74) is 2.60. The molecule has 6 nitrogen and oxygen atoms in total. The standard InChI is InChI=1S/C26H18ClNO5/c1-28-14-16(21-12-18(31-2)8-10-22(21)28)11-24-25(29)20-9-7-19(13-23(20)33-24)32-26(30)15-3-5-17(27)6-4-15/h3-14H,1-2H3/b24-11+. The molecule has 0 bridgehead atoms. The number of fused-ring (bicyclic) bond motifs is 2. The molecular weight excluding hydrogens is 442 g/mol. The Morgan fingerprint density at radius 1 is 1.03 bits per heavy atom. The van der Waals surface area contributed by atoms with E-state index in [-0.39, 0.29) is 17.3 Å². The fraction of sp³-hybridized carbons (Fsp3) is 0.0769. The number of hydrogen-bond acceptors (Lipinski definition) is 5. The summed E-state index contributed by atoms with van der Waals surface area (Å²) in [4.78, 5) is 25.3. The van der Waals surface area contributed by atoms with Gasteiger partial charge in [-0.2, -0.15) is 0 Å². The third-order valence-electron chi connectivity index (χ3n) is 5.45. The number of rotatable bonds is 4. The Morgan fingerprint density at radius 2 is 1.79 bits per heavy atom. The van der Waals surface area contributed by atoms with Crippen LogP contribution in [0.4, 0.5) is 0 Å². The van der Waals surface area contributed by atoms with E-state index in [1.807, 2.05) is 36.0 Å². The average molecular weight is 460 g/mol. The molecule has 164 valence electrons. The molecule has 1 aromatic heterocycles. The summed E-state index contributed by atoms with van der Waals surface area (Å²) in [5, 5.41) is 1.47. The second-order valence-electron chi connectivity index (χ2n) is 7.57. The van der Waals surface area contributed by atoms with Gasteiger partial charge in [0.05, 0.1) is 18.2 Å². The lowest BCUT2D eigenvalue weighted by atomic mass is 10.1. The minimum absolute atomic E-state index is 0.196. The number of allylic oxidation sites excluding steroid dienone is 1. The van der Waals surface area contributed by atoms with Crippen LogP contribution in [0.1, 0.15) is 26.3 Å². The first-order valence-corrected chi connectivity index (χ1v) is 10.5. The smallest absolute Gasteiger partial charge is 0.343 e. The van der Waals surface area contributed by atoms with E-state index in [0.717, 1.165) is 22.2 Å². The lowest BCUT2D eigenvalue weighted by Gasteiger charge is -2.05. The molecule has 0 saturated heterocycles. The molecule has 0 atom stereocenters. The van der Waals surface area contributed by atoms with Crippen LogP contribution in [0.2, 0.25) is 5.02 Å². The van der Waals surface area contributed by atoms with Gasteiger partial charge in [0.25, 0.3) is 0 Å². The van der Waals surface area contributed by atoms with Crippen LogP contribution >= 0.6 is 11.6 Å². The van der Waals surface area contributed by atoms with Crippen molar-refractivity contribution in [2.45, 2.75) is 0 Å². The molecule has 0 saturated carbocycles. The van der Waals surface area contributed by atoms with Crippen LogP contribution in [-0.2, 0) is 7.05 Å². The van der Waals surface area contributed by atoms with Gasteiger partial charge in [0.15, 0.2) is 5.76 Å². The Morgan fingerprint density at radius 3 is 2.55 bits per heavy atom. The van der Waals surface area contributed by atoms with E-state index < -0.39 is 5.97 Å². The van der Waals surface area contributed by atoms with Crippen molar-refractivity contribution in [3.63, 3.8) is 0 Å². The zero-order chi connectivity index (χ0) is 23.1. The Bertz CT molecular complexity index is 1450. The highest BCUT2D eigenvalue weighted by Crippen LogP contribution is 2.36. The van der Waals surface area contributed by atoms with Crippen molar-refractivity contribution in [2.24, 2.45) is 7.05 Å². The number of aryl methyl sites for hydroxylation is 1. The highest BCUT2D eigenvalue weighted by atomic mass is 35.5. The van der Waals surface area contributed by atoms with Crippen molar-refractivity contribution < 1.29 is 23.8 Å². The molecule has 33 heavy (non-hydrogen) atoms. The van der Waals surface area contributed by atoms with Crippen molar-refractivity contribution >= 4 is 40.3 Å². The number of benzene rings is 3. The molecule has 3 aromatic carbocycles. The summed E-state index contributed by atoms with van der Waals surface area (Å²) in [7, 11) is 3.55. The number of Topliss-reactive ketones (excluding diaryl/α,β-unsaturated/α-hetero) is 1. The lowest BCUT2D eigenvalue weighted by Crippen LogP contribution is -2.08. The van der Waals surface area contributed by atoms with Gasteiger partial charge in [-0.25, -0.2) is 4.79 Å². The van der Waals surface area contributed by atoms with Crippen LogP contribution in [0.3, 0.4) is 0 Å². The van der Waals surface area contributed by atoms with E-state index in [1.165, 1.54) is 6.07 Å². The number of carbonyl (C=O) groups is 2. The summed E-state index contributed by atoms with van der Waals surface area (Å²) in [5.74, 6) is 0.768. The molecule has 1 aliphatic heterocycles. The van der Waals surface area contributed by atoms with Crippen LogP contribution < -0.4 is 14.2 Å². The van der Waals surface area contributed by atoms with Crippen molar-refractivity contribution in [3.05, 3.63) is 94.3 Å². The SMILES string of the molecule is COc1ccc2c(c1)c(/C=C1/Oc3cc(OC(=O)c4ccc(Cl)cc4)ccc3C1=O)cn2C. The predicted octanol–water partition coefficient (Wildman–Crippen LogP) is 5.68. The Balaban J connectivity index is 1.42. The number of methoxy groups -OCH3 is 1. The van der Waals surface area contributed by atoms with E-state index >= 15 is 0 Å². The van der Waals surface area contributed by atoms with Gasteiger partial charge in [0, 0.05) is 40.8 Å². The van der Waals surface area contributed by atoms with Crippen LogP contribution in [0.15, 0.2) is 72.6 Å². The van der Waals surface area contributed by atoms with Crippen molar-refractivity contribution in [2.75, 3.05) is 7.11 Å². The maximum atomic E-state index is 12.9. The third-order valence-corrected chi connectivity index (χ3v) is 5.70. The third kappa shape index (κ3) is 3.85. The molecule has 0 radical (unpaired) electrons. The fourth-order valence-corrected chi connectivity index (χ4v) is 3.89. The monoisotopic (exact) mass is 459 g/mol. The minimum atomic E-state index is -0.531. The zero-order valence-corrected chi connectivity index (χ0v) is 18.6. The highest BCUT2D eigenvalue weighted by Gasteiger charge is 2.28. The molecule has 0 amide bonds. The first-order chi connectivity index (χ1) is 15.9. The number of nitrogens with zero attached hydrogens (tertiary/aromatic N) is 1. The molecule has 0 aliphatic carbocycles. The molecule has 0 spiro atoms. The summed E-state index contributed by atoms with van der Waals surface area (Å²) < 4.78 is 18.6. The van der Waals surface area contributed by atoms with Crippen LogP contribution in [0.5, 0.6) is 17.2 Å². The van der Waals surface area contributed by atoms with Crippen LogP contribution in [-0.4, -0.2) is 23.4 Å². The lowest BCUT2D eigenvalue weighted by molar-refractivity contribution is 0.0734. The van der Waals surface area contributed by atoms with E-state index in [4.69, 9.17) is 25.8 Å². The summed E-state index contributed by atoms with van der Waals surface area (Å²) in [6, 6.07) is 16.9. The molecule has 1 aliphatic rings. The minimum Gasteiger partial charge on any atom is -0.497 e. The number of halogens is 1. The number of ketones is 1. The molecule has 7 heteroatoms. The number of hydrogen-bond donors (Lipinski definition) is 0. The van der Waals surface area contributed by atoms with E-state index in [0.29, 0.717) is 21.9 Å². The quantitative estimate of drug-likeness (QED) is 0.223. The number of ether oxygens (including phenoxy) is 3. The molecular formula is C26H18ClNO5. The highest BCUT2D eigenvalue weighted by molar-refractivity contribution is 6.30. The van der Waals surface area contributed by atoms with Gasteiger partial charge < -0.3 is 18.8 Å². The van der Waals surface area contributed by atoms with Crippen molar-refractivity contribution in [1.82, 2.24) is 4.57 Å². The van der Waals surface area contributed by atoms with Crippen molar-refractivity contribution in [3.8, 4) is 17.2 Å². The van der Waals surface area contributed by atoms with Gasteiger partial charge >= 0.3 is 5.97 Å². The number of aromatic nitrogens is 1. The molecule has 2 heterocycles. The molecule has 0 fully saturated rings. The van der Waals surface area contributed by atoms with Crippen molar-refractivity contribution in [1.29, 1.82) is 0 Å². The second kappa shape index (κ2) is 8.15. The average Bonchev–Trinajstić information content (AvgIpc) is 3.29. The van der Waals surface area contributed by atoms with E-state index in [1.54, 1.807) is 49.6 Å². The number of carbonyl (C=O) groups excluding carboxylic acids is 2. The largest absolute Gasteiger partial charge is 0.497 e. The Labute approximate surface area is 194 Å². The van der Waals surface area contributed by atoms with Gasteiger partial charge in [0.2, 0.25) is 5.78 Å². The van der Waals surface area contributed by atoms with Crippen LogP contribution in [0, 0.1) is 0 Å². The molecule has 0 unspecified atom stereocenters. The summed E-state index contributed by atoms with van der Waals surface area (Å²) in [6.07, 6.45) is 3.64. The van der Waals surface area contributed by atoms with Gasteiger partial charge in [0.1, 0.15) is 17.2 Å². The van der Waals surface area contributed by atoms with E-state index in [2.05, 4.69) is 0 Å². The summed E-state index contributed by atoms with van der Waals surface area (Å²) >= 11 is 5.86. The first kappa shape index (κ1) is 20.8. The van der Waals surface area contributed by atoms with Gasteiger partial charge in [-0.05, 0) is 60.7 Å². The Kier molecular flexibility index (Phi) is 5.15. The normalized spacial score (nSPS) is 13.8. The van der Waals surface area contributed by atoms with Gasteiger partial charge in [-0.15, -0.1) is 0 Å². The second-order valence-corrected chi connectivity index (χ2v) is 8.01. The number of esters is 1. The molecule has 4 aromatic rings. The zero-order valence-electron chi connectivity index (χ0n) is 17.8. The fourth-order valence-electron chi connectivity index (χ4n) is 3.77. The predicted molar refractivity (Wildman–Crippen MR) is 125 cm³/mol. The van der Waals surface area contributed by atoms with Gasteiger partial charge in [-0.1, -0.05) is 11.6 Å².